The zero-order valence-corrected chi connectivity index (χ0v) is 11.9. The molecule has 0 spiro atoms. The van der Waals surface area contributed by atoms with Crippen molar-refractivity contribution in [3.8, 4) is 0 Å². The molecule has 0 saturated heterocycles. The van der Waals surface area contributed by atoms with E-state index in [-0.39, 0.29) is 0 Å². The molecule has 18 heavy (non-hydrogen) atoms. The van der Waals surface area contributed by atoms with Crippen LogP contribution < -0.4 is 5.32 Å². The van der Waals surface area contributed by atoms with Gasteiger partial charge in [-0.05, 0) is 23.8 Å². The standard InChI is InChI=1S/C17H27N/c1-14(2)18-13-17(12-15-8-6-7-9-15)16-10-4-3-5-11-16/h3-5,10-11,14-15,17-18H,6-9,12-13H2,1-2H3. The molecule has 1 aromatic rings. The summed E-state index contributed by atoms with van der Waals surface area (Å²) in [6.07, 6.45) is 7.16. The van der Waals surface area contributed by atoms with Crippen LogP contribution >= 0.6 is 0 Å². The van der Waals surface area contributed by atoms with Gasteiger partial charge in [-0.1, -0.05) is 69.9 Å². The molecule has 1 aromatic carbocycles. The van der Waals surface area contributed by atoms with Crippen molar-refractivity contribution in [1.82, 2.24) is 5.32 Å². The minimum atomic E-state index is 0.583. The number of hydrogen-bond donors (Lipinski definition) is 1. The lowest BCUT2D eigenvalue weighted by atomic mass is 9.87. The van der Waals surface area contributed by atoms with E-state index in [0.29, 0.717) is 12.0 Å². The summed E-state index contributed by atoms with van der Waals surface area (Å²) in [6, 6.07) is 11.6. The lowest BCUT2D eigenvalue weighted by molar-refractivity contribution is 0.416. The van der Waals surface area contributed by atoms with Gasteiger partial charge in [-0.15, -0.1) is 0 Å². The maximum absolute atomic E-state index is 3.62. The molecule has 0 heterocycles. The van der Waals surface area contributed by atoms with Crippen molar-refractivity contribution in [2.75, 3.05) is 6.54 Å². The molecule has 0 aromatic heterocycles. The van der Waals surface area contributed by atoms with E-state index in [4.69, 9.17) is 0 Å². The van der Waals surface area contributed by atoms with E-state index >= 15 is 0 Å². The van der Waals surface area contributed by atoms with Crippen LogP contribution in [0.1, 0.15) is 57.4 Å². The van der Waals surface area contributed by atoms with Crippen LogP contribution in [0.3, 0.4) is 0 Å². The van der Waals surface area contributed by atoms with Crippen molar-refractivity contribution in [2.24, 2.45) is 5.92 Å². The molecular formula is C17H27N. The summed E-state index contributed by atoms with van der Waals surface area (Å²) in [7, 11) is 0. The molecule has 1 saturated carbocycles. The molecule has 0 bridgehead atoms. The summed E-state index contributed by atoms with van der Waals surface area (Å²) in [5.41, 5.74) is 1.51. The first-order valence-corrected chi connectivity index (χ1v) is 7.54. The Hall–Kier alpha value is -0.820. The molecule has 0 amide bonds. The molecule has 2 rings (SSSR count). The summed E-state index contributed by atoms with van der Waals surface area (Å²) >= 11 is 0. The van der Waals surface area contributed by atoms with Gasteiger partial charge in [0.25, 0.3) is 0 Å². The van der Waals surface area contributed by atoms with E-state index in [0.717, 1.165) is 12.5 Å². The Balaban J connectivity index is 1.97. The van der Waals surface area contributed by atoms with Crippen LogP contribution in [0.5, 0.6) is 0 Å². The third-order valence-corrected chi connectivity index (χ3v) is 4.14. The van der Waals surface area contributed by atoms with Crippen LogP contribution in [0.2, 0.25) is 0 Å². The molecule has 1 aliphatic rings. The van der Waals surface area contributed by atoms with Gasteiger partial charge in [0.2, 0.25) is 0 Å². The Kier molecular flexibility index (Phi) is 5.25. The van der Waals surface area contributed by atoms with Crippen LogP contribution in [0.15, 0.2) is 30.3 Å². The topological polar surface area (TPSA) is 12.0 Å². The normalized spacial score (nSPS) is 18.4. The predicted molar refractivity (Wildman–Crippen MR) is 78.9 cm³/mol. The van der Waals surface area contributed by atoms with Crippen LogP contribution in [0.4, 0.5) is 0 Å². The molecule has 0 aliphatic heterocycles. The first kappa shape index (κ1) is 13.6. The Bertz CT molecular complexity index is 325. The van der Waals surface area contributed by atoms with Gasteiger partial charge in [0.1, 0.15) is 0 Å². The molecule has 1 unspecified atom stereocenters. The maximum atomic E-state index is 3.62. The third kappa shape index (κ3) is 4.13. The zero-order valence-electron chi connectivity index (χ0n) is 11.9. The largest absolute Gasteiger partial charge is 0.314 e. The number of rotatable bonds is 6. The minimum Gasteiger partial charge on any atom is -0.314 e. The summed E-state index contributed by atoms with van der Waals surface area (Å²) in [6.45, 7) is 5.59. The molecule has 1 nitrogen and oxygen atoms in total. The summed E-state index contributed by atoms with van der Waals surface area (Å²) in [5, 5.41) is 3.62. The molecule has 0 radical (unpaired) electrons. The summed E-state index contributed by atoms with van der Waals surface area (Å²) in [5.74, 6) is 1.65. The average molecular weight is 245 g/mol. The zero-order chi connectivity index (χ0) is 12.8. The quantitative estimate of drug-likeness (QED) is 0.785. The van der Waals surface area contributed by atoms with E-state index in [1.807, 2.05) is 0 Å². The van der Waals surface area contributed by atoms with Gasteiger partial charge in [-0.25, -0.2) is 0 Å². The first-order valence-electron chi connectivity index (χ1n) is 7.54. The highest BCUT2D eigenvalue weighted by Gasteiger charge is 2.21. The minimum absolute atomic E-state index is 0.583. The molecule has 1 fully saturated rings. The Morgan fingerprint density at radius 1 is 1.11 bits per heavy atom. The van der Waals surface area contributed by atoms with E-state index in [2.05, 4.69) is 49.5 Å². The molecule has 1 N–H and O–H groups in total. The molecule has 1 heteroatoms. The molecular weight excluding hydrogens is 218 g/mol. The third-order valence-electron chi connectivity index (χ3n) is 4.14. The fraction of sp³-hybridized carbons (Fsp3) is 0.647. The van der Waals surface area contributed by atoms with E-state index in [9.17, 15) is 0 Å². The van der Waals surface area contributed by atoms with Gasteiger partial charge >= 0.3 is 0 Å². The average Bonchev–Trinajstić information content (AvgIpc) is 2.88. The van der Waals surface area contributed by atoms with E-state index in [1.54, 1.807) is 0 Å². The molecule has 1 atom stereocenters. The predicted octanol–water partition coefficient (Wildman–Crippen LogP) is 4.35. The van der Waals surface area contributed by atoms with Crippen LogP contribution in [-0.4, -0.2) is 12.6 Å². The lowest BCUT2D eigenvalue weighted by Crippen LogP contribution is -2.28. The second-order valence-electron chi connectivity index (χ2n) is 6.06. The second-order valence-corrected chi connectivity index (χ2v) is 6.06. The Labute approximate surface area is 112 Å². The van der Waals surface area contributed by atoms with Crippen molar-refractivity contribution >= 4 is 0 Å². The lowest BCUT2D eigenvalue weighted by Gasteiger charge is -2.22. The van der Waals surface area contributed by atoms with Gasteiger partial charge < -0.3 is 5.32 Å². The highest BCUT2D eigenvalue weighted by atomic mass is 14.9. The van der Waals surface area contributed by atoms with Crippen LogP contribution in [0, 0.1) is 5.92 Å². The first-order chi connectivity index (χ1) is 8.75. The van der Waals surface area contributed by atoms with E-state index < -0.39 is 0 Å². The summed E-state index contributed by atoms with van der Waals surface area (Å²) in [4.78, 5) is 0. The fourth-order valence-corrected chi connectivity index (χ4v) is 3.09. The summed E-state index contributed by atoms with van der Waals surface area (Å²) < 4.78 is 0. The Morgan fingerprint density at radius 2 is 1.78 bits per heavy atom. The highest BCUT2D eigenvalue weighted by molar-refractivity contribution is 5.20. The fourth-order valence-electron chi connectivity index (χ4n) is 3.09. The van der Waals surface area contributed by atoms with E-state index in [1.165, 1.54) is 37.7 Å². The van der Waals surface area contributed by atoms with Crippen molar-refractivity contribution in [2.45, 2.75) is 57.9 Å². The monoisotopic (exact) mass is 245 g/mol. The van der Waals surface area contributed by atoms with Gasteiger partial charge in [-0.3, -0.25) is 0 Å². The molecule has 1 aliphatic carbocycles. The maximum Gasteiger partial charge on any atom is 0.00226 e. The molecule has 100 valence electrons. The highest BCUT2D eigenvalue weighted by Crippen LogP contribution is 2.33. The Morgan fingerprint density at radius 3 is 2.39 bits per heavy atom. The second kappa shape index (κ2) is 6.94. The van der Waals surface area contributed by atoms with Gasteiger partial charge in [0.15, 0.2) is 0 Å². The van der Waals surface area contributed by atoms with Gasteiger partial charge in [0, 0.05) is 12.6 Å². The van der Waals surface area contributed by atoms with Crippen molar-refractivity contribution in [3.05, 3.63) is 35.9 Å². The number of hydrogen-bond acceptors (Lipinski definition) is 1. The number of nitrogens with one attached hydrogen (secondary N) is 1. The van der Waals surface area contributed by atoms with Gasteiger partial charge in [-0.2, -0.15) is 0 Å². The SMILES string of the molecule is CC(C)NCC(CC1CCCC1)c1ccccc1. The van der Waals surface area contributed by atoms with Crippen molar-refractivity contribution in [1.29, 1.82) is 0 Å². The smallest absolute Gasteiger partial charge is 0.00226 e. The van der Waals surface area contributed by atoms with Crippen molar-refractivity contribution < 1.29 is 0 Å². The number of benzene rings is 1. The van der Waals surface area contributed by atoms with Crippen molar-refractivity contribution in [3.63, 3.8) is 0 Å². The van der Waals surface area contributed by atoms with Crippen LogP contribution in [-0.2, 0) is 0 Å². The van der Waals surface area contributed by atoms with Gasteiger partial charge in [0.05, 0.1) is 0 Å². The van der Waals surface area contributed by atoms with Crippen LogP contribution in [0.25, 0.3) is 0 Å².